The summed E-state index contributed by atoms with van der Waals surface area (Å²) in [5.74, 6) is 0.0925. The minimum atomic E-state index is -2.84. The van der Waals surface area contributed by atoms with Gasteiger partial charge in [0.25, 0.3) is 0 Å². The molecule has 1 aliphatic heterocycles. The zero-order chi connectivity index (χ0) is 14.0. The second-order valence-corrected chi connectivity index (χ2v) is 5.09. The molecule has 1 saturated heterocycles. The molecule has 6 heteroatoms. The fourth-order valence-electron chi connectivity index (χ4n) is 2.07. The van der Waals surface area contributed by atoms with E-state index in [0.29, 0.717) is 6.61 Å². The van der Waals surface area contributed by atoms with Crippen LogP contribution in [-0.4, -0.2) is 19.3 Å². The third-order valence-corrected chi connectivity index (χ3v) is 3.06. The van der Waals surface area contributed by atoms with Crippen LogP contribution in [0, 0.1) is 5.41 Å². The first-order chi connectivity index (χ1) is 8.88. The minimum absolute atomic E-state index is 0.0925. The van der Waals surface area contributed by atoms with Crippen molar-refractivity contribution < 1.29 is 23.0 Å². The highest BCUT2D eigenvalue weighted by Crippen LogP contribution is 2.36. The molecule has 2 rings (SSSR count). The summed E-state index contributed by atoms with van der Waals surface area (Å²) in [4.78, 5) is 11.3. The van der Waals surface area contributed by atoms with Crippen molar-refractivity contribution in [2.45, 2.75) is 26.5 Å². The Hall–Kier alpha value is -1.85. The van der Waals surface area contributed by atoms with E-state index in [4.69, 9.17) is 4.74 Å². The Morgan fingerprint density at radius 3 is 2.58 bits per heavy atom. The topological polar surface area (TPSA) is 47.6 Å². The average molecular weight is 271 g/mol. The lowest BCUT2D eigenvalue weighted by Gasteiger charge is -2.38. The van der Waals surface area contributed by atoms with Crippen LogP contribution in [0.25, 0.3) is 0 Å². The number of hydrogen-bond acceptors (Lipinski definition) is 3. The van der Waals surface area contributed by atoms with Crippen molar-refractivity contribution >= 4 is 6.09 Å². The van der Waals surface area contributed by atoms with Crippen LogP contribution in [0.4, 0.5) is 13.6 Å². The van der Waals surface area contributed by atoms with Gasteiger partial charge in [-0.25, -0.2) is 4.79 Å². The molecular formula is C13H15F2NO3. The molecule has 19 heavy (non-hydrogen) atoms. The van der Waals surface area contributed by atoms with Crippen LogP contribution in [0.5, 0.6) is 5.75 Å². The largest absolute Gasteiger partial charge is 0.449 e. The summed E-state index contributed by atoms with van der Waals surface area (Å²) in [6.45, 7) is 1.38. The van der Waals surface area contributed by atoms with E-state index < -0.39 is 12.7 Å². The van der Waals surface area contributed by atoms with Crippen molar-refractivity contribution in [1.29, 1.82) is 0 Å². The van der Waals surface area contributed by atoms with Crippen LogP contribution < -0.4 is 10.1 Å². The van der Waals surface area contributed by atoms with Gasteiger partial charge in [0.05, 0.1) is 6.04 Å². The summed E-state index contributed by atoms with van der Waals surface area (Å²) in [5.41, 5.74) is 0.544. The van der Waals surface area contributed by atoms with Gasteiger partial charge in [0, 0.05) is 5.41 Å². The SMILES string of the molecule is CC1(C)COC(=O)N[C@H]1c1ccc(OC(F)F)cc1. The summed E-state index contributed by atoms with van der Waals surface area (Å²) in [7, 11) is 0. The quantitative estimate of drug-likeness (QED) is 0.919. The molecule has 0 aromatic heterocycles. The van der Waals surface area contributed by atoms with E-state index in [-0.39, 0.29) is 17.2 Å². The van der Waals surface area contributed by atoms with E-state index in [2.05, 4.69) is 10.1 Å². The second kappa shape index (κ2) is 5.03. The first kappa shape index (κ1) is 13.6. The Kier molecular flexibility index (Phi) is 3.59. The number of nitrogens with one attached hydrogen (secondary N) is 1. The van der Waals surface area contributed by atoms with Gasteiger partial charge >= 0.3 is 12.7 Å². The number of hydrogen-bond donors (Lipinski definition) is 1. The average Bonchev–Trinajstić information content (AvgIpc) is 2.33. The van der Waals surface area contributed by atoms with E-state index >= 15 is 0 Å². The van der Waals surface area contributed by atoms with Gasteiger partial charge in [-0.05, 0) is 17.7 Å². The highest BCUT2D eigenvalue weighted by atomic mass is 19.3. The second-order valence-electron chi connectivity index (χ2n) is 5.09. The zero-order valence-corrected chi connectivity index (χ0v) is 10.7. The van der Waals surface area contributed by atoms with Gasteiger partial charge in [-0.15, -0.1) is 0 Å². The molecule has 1 amide bonds. The van der Waals surface area contributed by atoms with Crippen molar-refractivity contribution in [2.75, 3.05) is 6.61 Å². The fraction of sp³-hybridized carbons (Fsp3) is 0.462. The zero-order valence-electron chi connectivity index (χ0n) is 10.7. The molecule has 0 spiro atoms. The smallest absolute Gasteiger partial charge is 0.407 e. The van der Waals surface area contributed by atoms with Gasteiger partial charge in [0.15, 0.2) is 0 Å². The number of ether oxygens (including phenoxy) is 2. The molecule has 1 aromatic carbocycles. The van der Waals surface area contributed by atoms with Gasteiger partial charge in [0.1, 0.15) is 12.4 Å². The van der Waals surface area contributed by atoms with Crippen LogP contribution >= 0.6 is 0 Å². The van der Waals surface area contributed by atoms with Crippen LogP contribution in [0.15, 0.2) is 24.3 Å². The van der Waals surface area contributed by atoms with Gasteiger partial charge in [0.2, 0.25) is 0 Å². The van der Waals surface area contributed by atoms with E-state index in [1.54, 1.807) is 12.1 Å². The normalized spacial score (nSPS) is 21.7. The number of cyclic esters (lactones) is 1. The Bertz CT molecular complexity index is 459. The molecule has 104 valence electrons. The lowest BCUT2D eigenvalue weighted by Crippen LogP contribution is -2.46. The Labute approximate surface area is 109 Å². The summed E-state index contributed by atoms with van der Waals surface area (Å²) in [6.07, 6.45) is -0.475. The highest BCUT2D eigenvalue weighted by Gasteiger charge is 2.37. The number of halogens is 2. The number of benzene rings is 1. The van der Waals surface area contributed by atoms with Crippen molar-refractivity contribution in [3.05, 3.63) is 29.8 Å². The summed E-state index contributed by atoms with van der Waals surface area (Å²) in [6, 6.07) is 6.01. The lowest BCUT2D eigenvalue weighted by molar-refractivity contribution is -0.0498. The van der Waals surface area contributed by atoms with Gasteiger partial charge in [-0.1, -0.05) is 26.0 Å². The molecule has 1 N–H and O–H groups in total. The first-order valence-electron chi connectivity index (χ1n) is 5.86. The first-order valence-corrected chi connectivity index (χ1v) is 5.86. The summed E-state index contributed by atoms with van der Waals surface area (Å²) in [5, 5.41) is 2.73. The van der Waals surface area contributed by atoms with Crippen LogP contribution in [0.1, 0.15) is 25.5 Å². The number of rotatable bonds is 3. The predicted molar refractivity (Wildman–Crippen MR) is 64.1 cm³/mol. The molecule has 4 nitrogen and oxygen atoms in total. The molecule has 1 atom stereocenters. The van der Waals surface area contributed by atoms with Gasteiger partial charge in [-0.2, -0.15) is 8.78 Å². The maximum atomic E-state index is 12.1. The highest BCUT2D eigenvalue weighted by molar-refractivity contribution is 5.69. The minimum Gasteiger partial charge on any atom is -0.449 e. The lowest BCUT2D eigenvalue weighted by atomic mass is 9.80. The third kappa shape index (κ3) is 3.13. The molecule has 0 unspecified atom stereocenters. The van der Waals surface area contributed by atoms with Crippen LogP contribution in [0.3, 0.4) is 0 Å². The molecule has 0 saturated carbocycles. The third-order valence-electron chi connectivity index (χ3n) is 3.06. The van der Waals surface area contributed by atoms with Crippen molar-refractivity contribution in [3.63, 3.8) is 0 Å². The van der Waals surface area contributed by atoms with E-state index in [1.165, 1.54) is 12.1 Å². The predicted octanol–water partition coefficient (Wildman–Crippen LogP) is 3.10. The molecule has 1 aliphatic rings. The van der Waals surface area contributed by atoms with Crippen LogP contribution in [0.2, 0.25) is 0 Å². The number of amides is 1. The monoisotopic (exact) mass is 271 g/mol. The molecule has 1 heterocycles. The summed E-state index contributed by atoms with van der Waals surface area (Å²) >= 11 is 0. The fourth-order valence-corrected chi connectivity index (χ4v) is 2.07. The molecule has 0 bridgehead atoms. The number of alkyl carbamates (subject to hydrolysis) is 1. The van der Waals surface area contributed by atoms with E-state index in [0.717, 1.165) is 5.56 Å². The number of carbonyl (C=O) groups excluding carboxylic acids is 1. The Balaban J connectivity index is 2.18. The standard InChI is InChI=1S/C13H15F2NO3/c1-13(2)7-18-12(17)16-10(13)8-3-5-9(6-4-8)19-11(14)15/h3-6,10-11H,7H2,1-2H3,(H,16,17)/t10-/m0/s1. The van der Waals surface area contributed by atoms with Crippen molar-refractivity contribution in [3.8, 4) is 5.75 Å². The maximum Gasteiger partial charge on any atom is 0.407 e. The van der Waals surface area contributed by atoms with Crippen molar-refractivity contribution in [2.24, 2.45) is 5.41 Å². The van der Waals surface area contributed by atoms with Gasteiger partial charge in [-0.3, -0.25) is 0 Å². The number of alkyl halides is 2. The molecule has 1 aromatic rings. The number of carbonyl (C=O) groups is 1. The maximum absolute atomic E-state index is 12.1. The Morgan fingerprint density at radius 1 is 1.37 bits per heavy atom. The van der Waals surface area contributed by atoms with Crippen molar-refractivity contribution in [1.82, 2.24) is 5.32 Å². The molecule has 0 aliphatic carbocycles. The molecule has 1 fully saturated rings. The summed E-state index contributed by atoms with van der Waals surface area (Å²) < 4.78 is 33.3. The Morgan fingerprint density at radius 2 is 2.00 bits per heavy atom. The molecular weight excluding hydrogens is 256 g/mol. The van der Waals surface area contributed by atoms with E-state index in [9.17, 15) is 13.6 Å². The molecule has 0 radical (unpaired) electrons. The van der Waals surface area contributed by atoms with Crippen LogP contribution in [-0.2, 0) is 4.74 Å². The van der Waals surface area contributed by atoms with Gasteiger partial charge < -0.3 is 14.8 Å². The van der Waals surface area contributed by atoms with E-state index in [1.807, 2.05) is 13.8 Å².